The number of nitrogens with zero attached hydrogens (tertiary/aromatic N) is 2. The second-order valence-corrected chi connectivity index (χ2v) is 8.64. The molecule has 152 valence electrons. The highest BCUT2D eigenvalue weighted by Crippen LogP contribution is 2.39. The van der Waals surface area contributed by atoms with Crippen LogP contribution in [0, 0.1) is 18.3 Å². The van der Waals surface area contributed by atoms with Gasteiger partial charge in [-0.3, -0.25) is 14.6 Å². The second-order valence-electron chi connectivity index (χ2n) is 8.64. The molecule has 4 rings (SSSR count). The Kier molecular flexibility index (Phi) is 5.13. The van der Waals surface area contributed by atoms with Gasteiger partial charge < -0.3 is 15.5 Å². The molecule has 0 unspecified atom stereocenters. The number of fused-ring (bicyclic) bond motifs is 1. The number of hydrogen-bond donors (Lipinski definition) is 2. The zero-order chi connectivity index (χ0) is 20.6. The van der Waals surface area contributed by atoms with Crippen molar-refractivity contribution >= 4 is 23.2 Å². The maximum absolute atomic E-state index is 13.1. The van der Waals surface area contributed by atoms with Crippen LogP contribution in [-0.2, 0) is 22.7 Å². The van der Waals surface area contributed by atoms with Crippen LogP contribution in [0.4, 0.5) is 11.4 Å². The average Bonchev–Trinajstić information content (AvgIpc) is 3.51. The molecule has 2 aromatic rings. The molecule has 1 aliphatic heterocycles. The van der Waals surface area contributed by atoms with E-state index in [0.29, 0.717) is 24.7 Å². The monoisotopic (exact) mass is 392 g/mol. The van der Waals surface area contributed by atoms with Crippen LogP contribution in [0.5, 0.6) is 0 Å². The van der Waals surface area contributed by atoms with E-state index in [0.717, 1.165) is 36.3 Å². The summed E-state index contributed by atoms with van der Waals surface area (Å²) in [7, 11) is 0. The summed E-state index contributed by atoms with van der Waals surface area (Å²) in [6.45, 7) is 7.48. The SMILES string of the molecule is Cc1ncccc1CNCc1ccc2c(c1)NC(=O)C(C)(C)C(=O)N2CC1CC1. The molecule has 1 aromatic carbocycles. The van der Waals surface area contributed by atoms with Gasteiger partial charge >= 0.3 is 0 Å². The third-order valence-electron chi connectivity index (χ3n) is 5.85. The number of hydrogen-bond acceptors (Lipinski definition) is 4. The van der Waals surface area contributed by atoms with Crippen molar-refractivity contribution in [1.29, 1.82) is 0 Å². The van der Waals surface area contributed by atoms with Crippen LogP contribution in [0.1, 0.15) is 43.5 Å². The van der Waals surface area contributed by atoms with E-state index in [1.807, 2.05) is 31.2 Å². The fourth-order valence-corrected chi connectivity index (χ4v) is 3.64. The minimum atomic E-state index is -1.08. The fraction of sp³-hybridized carbons (Fsp3) is 0.435. The molecule has 2 N–H and O–H groups in total. The molecule has 0 spiro atoms. The standard InChI is InChI=1S/C23H28N4O2/c1-15-18(5-4-10-25-15)13-24-12-17-8-9-20-19(11-17)26-21(28)23(2,3)22(29)27(20)14-16-6-7-16/h4-5,8-11,16,24H,6-7,12-14H2,1-3H3,(H,26,28). The zero-order valence-electron chi connectivity index (χ0n) is 17.3. The summed E-state index contributed by atoms with van der Waals surface area (Å²) in [6, 6.07) is 9.97. The predicted octanol–water partition coefficient (Wildman–Crippen LogP) is 3.40. The lowest BCUT2D eigenvalue weighted by molar-refractivity contribution is -0.136. The fourth-order valence-electron chi connectivity index (χ4n) is 3.64. The first-order valence-electron chi connectivity index (χ1n) is 10.2. The highest BCUT2D eigenvalue weighted by atomic mass is 16.2. The van der Waals surface area contributed by atoms with Gasteiger partial charge in [-0.05, 0) is 68.9 Å². The molecule has 6 nitrogen and oxygen atoms in total. The van der Waals surface area contributed by atoms with Gasteiger partial charge in [0.15, 0.2) is 0 Å². The van der Waals surface area contributed by atoms with E-state index in [1.54, 1.807) is 24.9 Å². The number of rotatable bonds is 6. The van der Waals surface area contributed by atoms with E-state index in [4.69, 9.17) is 0 Å². The molecule has 1 saturated carbocycles. The molecule has 2 heterocycles. The third kappa shape index (κ3) is 4.03. The van der Waals surface area contributed by atoms with Crippen LogP contribution in [0.15, 0.2) is 36.5 Å². The minimum absolute atomic E-state index is 0.126. The number of carbonyl (C=O) groups is 2. The summed E-state index contributed by atoms with van der Waals surface area (Å²) in [5, 5.41) is 6.42. The lowest BCUT2D eigenvalue weighted by Gasteiger charge is -2.28. The molecule has 0 atom stereocenters. The molecule has 6 heteroatoms. The van der Waals surface area contributed by atoms with Crippen LogP contribution in [-0.4, -0.2) is 23.3 Å². The van der Waals surface area contributed by atoms with Crippen molar-refractivity contribution in [2.24, 2.45) is 11.3 Å². The Balaban J connectivity index is 1.54. The molecular formula is C23H28N4O2. The molecule has 2 amide bonds. The summed E-state index contributed by atoms with van der Waals surface area (Å²) in [5.74, 6) is 0.164. The van der Waals surface area contributed by atoms with Gasteiger partial charge in [0.25, 0.3) is 0 Å². The Hall–Kier alpha value is -2.73. The summed E-state index contributed by atoms with van der Waals surface area (Å²) in [6.07, 6.45) is 4.09. The lowest BCUT2D eigenvalue weighted by atomic mass is 9.90. The summed E-state index contributed by atoms with van der Waals surface area (Å²) in [5.41, 5.74) is 3.68. The molecule has 29 heavy (non-hydrogen) atoms. The van der Waals surface area contributed by atoms with Crippen LogP contribution >= 0.6 is 0 Å². The Morgan fingerprint density at radius 1 is 1.21 bits per heavy atom. The molecule has 0 saturated heterocycles. The van der Waals surface area contributed by atoms with Crippen LogP contribution in [0.25, 0.3) is 0 Å². The van der Waals surface area contributed by atoms with Gasteiger partial charge in [0.1, 0.15) is 5.41 Å². The molecule has 0 radical (unpaired) electrons. The topological polar surface area (TPSA) is 74.3 Å². The normalized spacial score (nSPS) is 18.2. The highest BCUT2D eigenvalue weighted by Gasteiger charge is 2.44. The molecule has 1 aliphatic carbocycles. The van der Waals surface area contributed by atoms with Crippen molar-refractivity contribution < 1.29 is 9.59 Å². The van der Waals surface area contributed by atoms with Gasteiger partial charge in [-0.25, -0.2) is 0 Å². The van der Waals surface area contributed by atoms with Gasteiger partial charge in [0.05, 0.1) is 11.4 Å². The van der Waals surface area contributed by atoms with Crippen LogP contribution in [0.2, 0.25) is 0 Å². The van der Waals surface area contributed by atoms with E-state index in [9.17, 15) is 9.59 Å². The molecule has 0 bridgehead atoms. The van der Waals surface area contributed by atoms with Gasteiger partial charge in [0.2, 0.25) is 11.8 Å². The van der Waals surface area contributed by atoms with Crippen molar-refractivity contribution in [1.82, 2.24) is 10.3 Å². The lowest BCUT2D eigenvalue weighted by Crippen LogP contribution is -2.45. The molecule has 1 fully saturated rings. The van der Waals surface area contributed by atoms with Gasteiger partial charge in [0, 0.05) is 31.5 Å². The van der Waals surface area contributed by atoms with E-state index in [-0.39, 0.29) is 11.8 Å². The van der Waals surface area contributed by atoms with Crippen LogP contribution in [0.3, 0.4) is 0 Å². The number of amides is 2. The maximum Gasteiger partial charge on any atom is 0.242 e. The van der Waals surface area contributed by atoms with Gasteiger partial charge in [-0.2, -0.15) is 0 Å². The Labute approximate surface area is 171 Å². The predicted molar refractivity (Wildman–Crippen MR) is 113 cm³/mol. The number of aryl methyl sites for hydroxylation is 1. The Morgan fingerprint density at radius 2 is 2.00 bits per heavy atom. The van der Waals surface area contributed by atoms with E-state index >= 15 is 0 Å². The third-order valence-corrected chi connectivity index (χ3v) is 5.85. The minimum Gasteiger partial charge on any atom is -0.323 e. The largest absolute Gasteiger partial charge is 0.323 e. The van der Waals surface area contributed by atoms with Gasteiger partial charge in [-0.15, -0.1) is 0 Å². The first kappa shape index (κ1) is 19.6. The number of nitrogens with one attached hydrogen (secondary N) is 2. The van der Waals surface area contributed by atoms with Gasteiger partial charge in [-0.1, -0.05) is 12.1 Å². The van der Waals surface area contributed by atoms with Crippen molar-refractivity contribution in [2.45, 2.75) is 46.7 Å². The van der Waals surface area contributed by atoms with Crippen LogP contribution < -0.4 is 15.5 Å². The van der Waals surface area contributed by atoms with E-state index < -0.39 is 5.41 Å². The zero-order valence-corrected chi connectivity index (χ0v) is 17.3. The molecule has 1 aromatic heterocycles. The number of pyridine rings is 1. The maximum atomic E-state index is 13.1. The Morgan fingerprint density at radius 3 is 2.72 bits per heavy atom. The average molecular weight is 393 g/mol. The summed E-state index contributed by atoms with van der Waals surface area (Å²) >= 11 is 0. The first-order chi connectivity index (χ1) is 13.9. The van der Waals surface area contributed by atoms with Crippen molar-refractivity contribution in [2.75, 3.05) is 16.8 Å². The highest BCUT2D eigenvalue weighted by molar-refractivity contribution is 6.19. The number of benzene rings is 1. The summed E-state index contributed by atoms with van der Waals surface area (Å²) in [4.78, 5) is 31.9. The Bertz CT molecular complexity index is 950. The van der Waals surface area contributed by atoms with Crippen molar-refractivity contribution in [3.63, 3.8) is 0 Å². The number of anilines is 2. The first-order valence-corrected chi connectivity index (χ1v) is 10.2. The van der Waals surface area contributed by atoms with Crippen molar-refractivity contribution in [3.05, 3.63) is 53.3 Å². The summed E-state index contributed by atoms with van der Waals surface area (Å²) < 4.78 is 0. The molecular weight excluding hydrogens is 364 g/mol. The molecule has 2 aliphatic rings. The van der Waals surface area contributed by atoms with E-state index in [2.05, 4.69) is 21.7 Å². The number of carbonyl (C=O) groups excluding carboxylic acids is 2. The van der Waals surface area contributed by atoms with Crippen molar-refractivity contribution in [3.8, 4) is 0 Å². The smallest absolute Gasteiger partial charge is 0.242 e. The second kappa shape index (κ2) is 7.59. The number of aromatic nitrogens is 1. The van der Waals surface area contributed by atoms with E-state index in [1.165, 1.54) is 5.56 Å². The quantitative estimate of drug-likeness (QED) is 0.739.